The topological polar surface area (TPSA) is 43.4 Å². The fraction of sp³-hybridized carbons (Fsp3) is 0.167. The Morgan fingerprint density at radius 1 is 0.926 bits per heavy atom. The number of allylic oxidation sites excluding steroid dienone is 2. The smallest absolute Gasteiger partial charge is 0.343 e. The quantitative estimate of drug-likeness (QED) is 0.591. The second-order valence-corrected chi connectivity index (χ2v) is 6.96. The molecule has 1 aliphatic rings. The average Bonchev–Trinajstić information content (AvgIpc) is 3.03. The van der Waals surface area contributed by atoms with Gasteiger partial charge in [0.15, 0.2) is 5.78 Å². The highest BCUT2D eigenvalue weighted by Gasteiger charge is 2.29. The number of rotatable bonds is 3. The van der Waals surface area contributed by atoms with Gasteiger partial charge in [-0.2, -0.15) is 0 Å². The number of carbonyl (C=O) groups is 2. The largest absolute Gasteiger partial charge is 0.427 e. The second kappa shape index (κ2) is 6.84. The highest BCUT2D eigenvalue weighted by Crippen LogP contribution is 2.34. The van der Waals surface area contributed by atoms with Crippen LogP contribution in [0.15, 0.2) is 66.4 Å². The van der Waals surface area contributed by atoms with E-state index in [0.29, 0.717) is 29.7 Å². The fourth-order valence-corrected chi connectivity index (χ4v) is 3.61. The molecule has 3 aromatic carbocycles. The minimum atomic E-state index is -0.417. The van der Waals surface area contributed by atoms with Crippen LogP contribution < -0.4 is 0 Å². The molecule has 0 saturated carbocycles. The third kappa shape index (κ3) is 3.17. The molecule has 0 N–H and O–H groups in total. The summed E-state index contributed by atoms with van der Waals surface area (Å²) in [7, 11) is 0. The molecule has 0 aromatic heterocycles. The molecule has 0 aliphatic heterocycles. The van der Waals surface area contributed by atoms with Crippen molar-refractivity contribution in [1.82, 2.24) is 0 Å². The third-order valence-corrected chi connectivity index (χ3v) is 5.02. The van der Waals surface area contributed by atoms with Gasteiger partial charge in [-0.1, -0.05) is 60.2 Å². The van der Waals surface area contributed by atoms with E-state index in [4.69, 9.17) is 4.74 Å². The van der Waals surface area contributed by atoms with Crippen molar-refractivity contribution in [2.45, 2.75) is 26.7 Å². The molecule has 3 heteroatoms. The Hall–Kier alpha value is -3.20. The van der Waals surface area contributed by atoms with E-state index in [1.165, 1.54) is 0 Å². The van der Waals surface area contributed by atoms with Crippen LogP contribution in [0.3, 0.4) is 0 Å². The molecule has 0 heterocycles. The molecule has 0 spiro atoms. The summed E-state index contributed by atoms with van der Waals surface area (Å²) in [6.07, 6.45) is 0.832. The third-order valence-electron chi connectivity index (χ3n) is 5.02. The predicted molar refractivity (Wildman–Crippen MR) is 106 cm³/mol. The first-order chi connectivity index (χ1) is 13.0. The summed E-state index contributed by atoms with van der Waals surface area (Å²) in [6.45, 7) is 3.96. The number of aryl methyl sites for hydroxylation is 2. The van der Waals surface area contributed by atoms with E-state index in [0.717, 1.165) is 27.5 Å². The Morgan fingerprint density at radius 3 is 2.56 bits per heavy atom. The zero-order valence-corrected chi connectivity index (χ0v) is 15.4. The van der Waals surface area contributed by atoms with Crippen LogP contribution in [0.25, 0.3) is 16.3 Å². The highest BCUT2D eigenvalue weighted by molar-refractivity contribution is 6.24. The van der Waals surface area contributed by atoms with Gasteiger partial charge in [-0.3, -0.25) is 4.79 Å². The molecule has 0 atom stereocenters. The Bertz CT molecular complexity index is 1100. The SMILES string of the molecule is Cc1ccc(C)c(C2=C(OC(=O)c3cccc4ccccc34)CCC2=O)c1. The van der Waals surface area contributed by atoms with Crippen LogP contribution in [0.5, 0.6) is 0 Å². The number of esters is 1. The van der Waals surface area contributed by atoms with E-state index in [9.17, 15) is 9.59 Å². The van der Waals surface area contributed by atoms with Crippen LogP contribution in [0.2, 0.25) is 0 Å². The maximum Gasteiger partial charge on any atom is 0.343 e. The molecule has 0 radical (unpaired) electrons. The van der Waals surface area contributed by atoms with E-state index >= 15 is 0 Å². The Morgan fingerprint density at radius 2 is 1.70 bits per heavy atom. The van der Waals surface area contributed by atoms with Crippen LogP contribution in [-0.2, 0) is 9.53 Å². The maximum absolute atomic E-state index is 12.9. The first-order valence-corrected chi connectivity index (χ1v) is 9.08. The zero-order valence-electron chi connectivity index (χ0n) is 15.4. The van der Waals surface area contributed by atoms with Crippen molar-refractivity contribution in [2.24, 2.45) is 0 Å². The van der Waals surface area contributed by atoms with Gasteiger partial charge in [0.05, 0.1) is 11.1 Å². The first-order valence-electron chi connectivity index (χ1n) is 9.08. The molecule has 3 aromatic rings. The van der Waals surface area contributed by atoms with E-state index in [1.807, 2.05) is 68.4 Å². The summed E-state index contributed by atoms with van der Waals surface area (Å²) in [6, 6.07) is 19.3. The van der Waals surface area contributed by atoms with Gasteiger partial charge >= 0.3 is 5.97 Å². The van der Waals surface area contributed by atoms with E-state index < -0.39 is 5.97 Å². The van der Waals surface area contributed by atoms with Crippen molar-refractivity contribution in [3.63, 3.8) is 0 Å². The number of hydrogen-bond acceptors (Lipinski definition) is 3. The Balaban J connectivity index is 1.75. The van der Waals surface area contributed by atoms with E-state index in [-0.39, 0.29) is 5.78 Å². The number of benzene rings is 3. The van der Waals surface area contributed by atoms with Gasteiger partial charge in [0.25, 0.3) is 0 Å². The zero-order chi connectivity index (χ0) is 19.0. The normalized spacial score (nSPS) is 14.1. The van der Waals surface area contributed by atoms with Crippen LogP contribution in [0.4, 0.5) is 0 Å². The van der Waals surface area contributed by atoms with Gasteiger partial charge in [0.2, 0.25) is 0 Å². The van der Waals surface area contributed by atoms with E-state index in [1.54, 1.807) is 6.07 Å². The van der Waals surface area contributed by atoms with Crippen molar-refractivity contribution in [1.29, 1.82) is 0 Å². The molecule has 0 bridgehead atoms. The fourth-order valence-electron chi connectivity index (χ4n) is 3.61. The van der Waals surface area contributed by atoms with Gasteiger partial charge in [0.1, 0.15) is 5.76 Å². The van der Waals surface area contributed by atoms with Gasteiger partial charge < -0.3 is 4.74 Å². The molecular weight excluding hydrogens is 336 g/mol. The average molecular weight is 356 g/mol. The lowest BCUT2D eigenvalue weighted by Crippen LogP contribution is -2.07. The van der Waals surface area contributed by atoms with Crippen molar-refractivity contribution in [3.05, 3.63) is 88.7 Å². The van der Waals surface area contributed by atoms with Gasteiger partial charge in [-0.15, -0.1) is 0 Å². The van der Waals surface area contributed by atoms with Crippen molar-refractivity contribution in [3.8, 4) is 0 Å². The summed E-state index contributed by atoms with van der Waals surface area (Å²) in [5, 5.41) is 1.83. The molecule has 27 heavy (non-hydrogen) atoms. The lowest BCUT2D eigenvalue weighted by Gasteiger charge is -2.12. The van der Waals surface area contributed by atoms with Crippen LogP contribution in [0, 0.1) is 13.8 Å². The molecule has 134 valence electrons. The van der Waals surface area contributed by atoms with Crippen molar-refractivity contribution in [2.75, 3.05) is 0 Å². The molecule has 0 saturated heterocycles. The van der Waals surface area contributed by atoms with Gasteiger partial charge in [-0.05, 0) is 41.8 Å². The number of ether oxygens (including phenoxy) is 1. The van der Waals surface area contributed by atoms with Crippen LogP contribution in [-0.4, -0.2) is 11.8 Å². The molecule has 1 aliphatic carbocycles. The van der Waals surface area contributed by atoms with Crippen LogP contribution >= 0.6 is 0 Å². The molecule has 3 nitrogen and oxygen atoms in total. The van der Waals surface area contributed by atoms with Gasteiger partial charge in [0, 0.05) is 12.8 Å². The van der Waals surface area contributed by atoms with E-state index in [2.05, 4.69) is 0 Å². The highest BCUT2D eigenvalue weighted by atomic mass is 16.5. The standard InChI is InChI=1S/C24H20O3/c1-15-10-11-16(2)20(14-15)23-21(25)12-13-22(23)27-24(26)19-9-5-7-17-6-3-4-8-18(17)19/h3-11,14H,12-13H2,1-2H3. The molecule has 0 unspecified atom stereocenters. The number of fused-ring (bicyclic) bond motifs is 1. The van der Waals surface area contributed by atoms with Crippen molar-refractivity contribution < 1.29 is 14.3 Å². The number of hydrogen-bond donors (Lipinski definition) is 0. The summed E-state index contributed by atoms with van der Waals surface area (Å²) in [5.74, 6) is 0.0929. The predicted octanol–water partition coefficient (Wildman–Crippen LogP) is 5.39. The summed E-state index contributed by atoms with van der Waals surface area (Å²) in [4.78, 5) is 25.4. The molecular formula is C24H20O3. The first kappa shape index (κ1) is 17.2. The lowest BCUT2D eigenvalue weighted by molar-refractivity contribution is -0.113. The Kier molecular flexibility index (Phi) is 4.36. The van der Waals surface area contributed by atoms with Crippen molar-refractivity contribution >= 4 is 28.1 Å². The second-order valence-electron chi connectivity index (χ2n) is 6.96. The summed E-state index contributed by atoms with van der Waals surface area (Å²) in [5.41, 5.74) is 4.00. The van der Waals surface area contributed by atoms with Gasteiger partial charge in [-0.25, -0.2) is 4.79 Å². The molecule has 0 fully saturated rings. The number of carbonyl (C=O) groups excluding carboxylic acids is 2. The Labute approximate surface area is 158 Å². The summed E-state index contributed by atoms with van der Waals surface area (Å²) < 4.78 is 5.76. The number of ketones is 1. The van der Waals surface area contributed by atoms with Crippen LogP contribution in [0.1, 0.15) is 39.9 Å². The molecule has 4 rings (SSSR count). The minimum Gasteiger partial charge on any atom is -0.427 e. The lowest BCUT2D eigenvalue weighted by atomic mass is 9.97. The minimum absolute atomic E-state index is 0.0319. The molecule has 0 amide bonds. The monoisotopic (exact) mass is 356 g/mol. The maximum atomic E-state index is 12.9. The number of Topliss-reactive ketones (excluding diaryl/α,β-unsaturated/α-hetero) is 1. The summed E-state index contributed by atoms with van der Waals surface area (Å²) >= 11 is 0.